The fourth-order valence-corrected chi connectivity index (χ4v) is 1.28. The van der Waals surface area contributed by atoms with Gasteiger partial charge in [-0.25, -0.2) is 13.6 Å². The summed E-state index contributed by atoms with van der Waals surface area (Å²) in [6.07, 6.45) is 0. The van der Waals surface area contributed by atoms with Crippen molar-refractivity contribution < 1.29 is 13.2 Å². The van der Waals surface area contributed by atoms with Crippen LogP contribution in [0.25, 0.3) is 0 Å². The SMILES string of the molecule is COc1ccc(S(N)(=O)=O)cc1.[KH]. The maximum absolute atomic E-state index is 10.8. The van der Waals surface area contributed by atoms with Crippen LogP contribution in [0.15, 0.2) is 29.2 Å². The summed E-state index contributed by atoms with van der Waals surface area (Å²) in [5.41, 5.74) is 0. The number of hydrogen-bond acceptors (Lipinski definition) is 3. The number of hydrogen-bond donors (Lipinski definition) is 1. The third-order valence-corrected chi connectivity index (χ3v) is 2.32. The van der Waals surface area contributed by atoms with Gasteiger partial charge in [-0.15, -0.1) is 0 Å². The van der Waals surface area contributed by atoms with Crippen LogP contribution in [0, 0.1) is 0 Å². The summed E-state index contributed by atoms with van der Waals surface area (Å²) in [4.78, 5) is 0.0864. The van der Waals surface area contributed by atoms with Crippen LogP contribution in [-0.4, -0.2) is 66.9 Å². The van der Waals surface area contributed by atoms with E-state index in [1.54, 1.807) is 12.1 Å². The molecule has 13 heavy (non-hydrogen) atoms. The molecule has 0 saturated carbocycles. The van der Waals surface area contributed by atoms with Crippen LogP contribution in [0.2, 0.25) is 0 Å². The Morgan fingerprint density at radius 3 is 2.00 bits per heavy atom. The number of sulfonamides is 1. The standard InChI is InChI=1S/C7H9NO3S.K.H/c1-11-6-2-4-7(5-3-6)12(8,9)10;;/h2-5H,1H3,(H2,8,9,10);;. The Hall–Kier alpha value is 0.566. The van der Waals surface area contributed by atoms with E-state index < -0.39 is 10.0 Å². The molecular formula is C7H10KNO3S. The Balaban J connectivity index is 0.00000144. The van der Waals surface area contributed by atoms with Gasteiger partial charge in [-0.2, -0.15) is 0 Å². The molecule has 1 aromatic rings. The van der Waals surface area contributed by atoms with Crippen molar-refractivity contribution in [1.29, 1.82) is 0 Å². The summed E-state index contributed by atoms with van der Waals surface area (Å²) in [5.74, 6) is 0.599. The third-order valence-electron chi connectivity index (χ3n) is 1.39. The Bertz CT molecular complexity index is 360. The monoisotopic (exact) mass is 227 g/mol. The van der Waals surface area contributed by atoms with E-state index in [2.05, 4.69) is 0 Å². The molecule has 2 N–H and O–H groups in total. The van der Waals surface area contributed by atoms with E-state index in [-0.39, 0.29) is 56.3 Å². The van der Waals surface area contributed by atoms with Gasteiger partial charge >= 0.3 is 51.4 Å². The van der Waals surface area contributed by atoms with Crippen LogP contribution >= 0.6 is 0 Å². The second kappa shape index (κ2) is 5.45. The molecule has 0 saturated heterocycles. The Kier molecular flexibility index (Phi) is 5.69. The van der Waals surface area contributed by atoms with Crippen molar-refractivity contribution in [1.82, 2.24) is 0 Å². The van der Waals surface area contributed by atoms with E-state index in [1.165, 1.54) is 19.2 Å². The van der Waals surface area contributed by atoms with Gasteiger partial charge < -0.3 is 4.74 Å². The van der Waals surface area contributed by atoms with Crippen molar-refractivity contribution in [2.24, 2.45) is 5.14 Å². The number of ether oxygens (including phenoxy) is 1. The Morgan fingerprint density at radius 2 is 1.69 bits per heavy atom. The average Bonchev–Trinajstić information content (AvgIpc) is 2.03. The van der Waals surface area contributed by atoms with Crippen molar-refractivity contribution in [3.63, 3.8) is 0 Å². The summed E-state index contributed by atoms with van der Waals surface area (Å²) in [6.45, 7) is 0. The van der Waals surface area contributed by atoms with E-state index in [0.717, 1.165) is 0 Å². The molecule has 0 bridgehead atoms. The van der Waals surface area contributed by atoms with E-state index in [4.69, 9.17) is 9.88 Å². The molecule has 0 fully saturated rings. The van der Waals surface area contributed by atoms with Gasteiger partial charge in [0.25, 0.3) is 0 Å². The summed E-state index contributed by atoms with van der Waals surface area (Å²) < 4.78 is 26.4. The topological polar surface area (TPSA) is 69.4 Å². The second-order valence-electron chi connectivity index (χ2n) is 2.22. The molecule has 0 radical (unpaired) electrons. The van der Waals surface area contributed by atoms with Gasteiger partial charge in [0.2, 0.25) is 10.0 Å². The molecule has 1 rings (SSSR count). The summed E-state index contributed by atoms with van der Waals surface area (Å²) in [7, 11) is -2.08. The van der Waals surface area contributed by atoms with Gasteiger partial charge in [-0.05, 0) is 24.3 Å². The zero-order chi connectivity index (χ0) is 9.19. The van der Waals surface area contributed by atoms with Gasteiger partial charge in [0.1, 0.15) is 5.75 Å². The first kappa shape index (κ1) is 13.6. The fraction of sp³-hybridized carbons (Fsp3) is 0.143. The predicted octanol–water partition coefficient (Wildman–Crippen LogP) is -0.306. The fourth-order valence-electron chi connectivity index (χ4n) is 0.765. The minimum atomic E-state index is -3.58. The molecule has 68 valence electrons. The first-order valence-corrected chi connectivity index (χ1v) is 4.75. The summed E-state index contributed by atoms with van der Waals surface area (Å²) in [6, 6.07) is 5.88. The zero-order valence-corrected chi connectivity index (χ0v) is 7.34. The van der Waals surface area contributed by atoms with Crippen LogP contribution in [0.5, 0.6) is 5.75 Å². The molecule has 0 aliphatic rings. The van der Waals surface area contributed by atoms with Crippen LogP contribution in [0.1, 0.15) is 0 Å². The summed E-state index contributed by atoms with van der Waals surface area (Å²) >= 11 is 0. The number of methoxy groups -OCH3 is 1. The quantitative estimate of drug-likeness (QED) is 0.705. The van der Waals surface area contributed by atoms with Crippen molar-refractivity contribution >= 4 is 61.4 Å². The van der Waals surface area contributed by atoms with E-state index >= 15 is 0 Å². The molecular weight excluding hydrogens is 217 g/mol. The molecule has 0 aliphatic heterocycles. The number of primary sulfonamides is 1. The van der Waals surface area contributed by atoms with Crippen LogP contribution < -0.4 is 9.88 Å². The van der Waals surface area contributed by atoms with E-state index in [1.807, 2.05) is 0 Å². The van der Waals surface area contributed by atoms with Crippen LogP contribution in [0.4, 0.5) is 0 Å². The molecule has 1 aromatic carbocycles. The third kappa shape index (κ3) is 4.07. The molecule has 0 amide bonds. The van der Waals surface area contributed by atoms with Crippen molar-refractivity contribution in [2.45, 2.75) is 4.90 Å². The Labute approximate surface area is 120 Å². The number of rotatable bonds is 2. The second-order valence-corrected chi connectivity index (χ2v) is 3.78. The van der Waals surface area contributed by atoms with Crippen molar-refractivity contribution in [2.75, 3.05) is 7.11 Å². The van der Waals surface area contributed by atoms with Gasteiger partial charge in [0, 0.05) is 0 Å². The molecule has 0 atom stereocenters. The van der Waals surface area contributed by atoms with E-state index in [9.17, 15) is 8.42 Å². The Morgan fingerprint density at radius 1 is 1.23 bits per heavy atom. The van der Waals surface area contributed by atoms with Crippen molar-refractivity contribution in [3.05, 3.63) is 24.3 Å². The van der Waals surface area contributed by atoms with Gasteiger partial charge in [0.05, 0.1) is 12.0 Å². The molecule has 0 heterocycles. The van der Waals surface area contributed by atoms with E-state index in [0.29, 0.717) is 5.75 Å². The average molecular weight is 227 g/mol. The maximum atomic E-state index is 10.8. The molecule has 4 nitrogen and oxygen atoms in total. The van der Waals surface area contributed by atoms with Crippen LogP contribution in [-0.2, 0) is 10.0 Å². The minimum absolute atomic E-state index is 0. The van der Waals surface area contributed by atoms with Crippen molar-refractivity contribution in [3.8, 4) is 5.75 Å². The molecule has 0 unspecified atom stereocenters. The zero-order valence-electron chi connectivity index (χ0n) is 6.52. The molecule has 6 heteroatoms. The number of nitrogens with two attached hydrogens (primary N) is 1. The normalized spacial score (nSPS) is 10.3. The predicted molar refractivity (Wildman–Crippen MR) is 51.5 cm³/mol. The first-order chi connectivity index (χ1) is 5.54. The molecule has 0 spiro atoms. The molecule has 0 aromatic heterocycles. The molecule has 0 aliphatic carbocycles. The van der Waals surface area contributed by atoms with Crippen LogP contribution in [0.3, 0.4) is 0 Å². The summed E-state index contributed by atoms with van der Waals surface area (Å²) in [5, 5.41) is 4.88. The van der Waals surface area contributed by atoms with Gasteiger partial charge in [0.15, 0.2) is 0 Å². The van der Waals surface area contributed by atoms with Gasteiger partial charge in [-0.1, -0.05) is 0 Å². The van der Waals surface area contributed by atoms with Gasteiger partial charge in [-0.3, -0.25) is 0 Å². The number of benzene rings is 1. The first-order valence-electron chi connectivity index (χ1n) is 3.21.